The van der Waals surface area contributed by atoms with Gasteiger partial charge in [-0.1, -0.05) is 0 Å². The maximum Gasteiger partial charge on any atom is 0.307 e. The lowest BCUT2D eigenvalue weighted by Crippen LogP contribution is -2.49. The lowest BCUT2D eigenvalue weighted by molar-refractivity contribution is -0.153. The standard InChI is InChI=1S/C14H21NO4/c16-13(10-3-4-11(10)14(17)18)15-9-5-6-19-12(7-9)8-1-2-8/h8-12H,1-7H2,(H,15,16)(H,17,18). The summed E-state index contributed by atoms with van der Waals surface area (Å²) in [6.07, 6.45) is 5.87. The molecule has 1 amide bonds. The number of rotatable bonds is 4. The highest BCUT2D eigenvalue weighted by atomic mass is 16.5. The molecule has 19 heavy (non-hydrogen) atoms. The summed E-state index contributed by atoms with van der Waals surface area (Å²) >= 11 is 0. The maximum atomic E-state index is 12.1. The number of ether oxygens (including phenoxy) is 1. The van der Waals surface area contributed by atoms with Crippen molar-refractivity contribution in [2.24, 2.45) is 17.8 Å². The minimum Gasteiger partial charge on any atom is -0.481 e. The summed E-state index contributed by atoms with van der Waals surface area (Å²) in [7, 11) is 0. The van der Waals surface area contributed by atoms with Crippen molar-refractivity contribution >= 4 is 11.9 Å². The van der Waals surface area contributed by atoms with Crippen LogP contribution in [0.4, 0.5) is 0 Å². The first kappa shape index (κ1) is 12.9. The summed E-state index contributed by atoms with van der Waals surface area (Å²) in [5, 5.41) is 12.0. The van der Waals surface area contributed by atoms with Crippen molar-refractivity contribution in [2.45, 2.75) is 50.7 Å². The molecule has 2 saturated carbocycles. The molecule has 0 aromatic rings. The minimum atomic E-state index is -0.839. The highest BCUT2D eigenvalue weighted by Gasteiger charge is 2.42. The molecule has 2 N–H and O–H groups in total. The van der Waals surface area contributed by atoms with Gasteiger partial charge < -0.3 is 15.2 Å². The fraction of sp³-hybridized carbons (Fsp3) is 0.857. The van der Waals surface area contributed by atoms with Crippen LogP contribution in [0.5, 0.6) is 0 Å². The number of carbonyl (C=O) groups excluding carboxylic acids is 1. The van der Waals surface area contributed by atoms with Gasteiger partial charge in [-0.3, -0.25) is 9.59 Å². The van der Waals surface area contributed by atoms with Crippen LogP contribution in [0.25, 0.3) is 0 Å². The molecule has 0 radical (unpaired) electrons. The second kappa shape index (κ2) is 5.12. The van der Waals surface area contributed by atoms with Gasteiger partial charge in [0.05, 0.1) is 17.9 Å². The van der Waals surface area contributed by atoms with E-state index in [2.05, 4.69) is 5.32 Å². The lowest BCUT2D eigenvalue weighted by Gasteiger charge is -2.35. The number of carbonyl (C=O) groups is 2. The maximum absolute atomic E-state index is 12.1. The molecule has 106 valence electrons. The molecule has 0 spiro atoms. The van der Waals surface area contributed by atoms with Crippen LogP contribution in [0.2, 0.25) is 0 Å². The molecule has 0 bridgehead atoms. The molecule has 1 saturated heterocycles. The van der Waals surface area contributed by atoms with Gasteiger partial charge in [-0.25, -0.2) is 0 Å². The zero-order valence-corrected chi connectivity index (χ0v) is 11.0. The Morgan fingerprint density at radius 1 is 1.05 bits per heavy atom. The summed E-state index contributed by atoms with van der Waals surface area (Å²) in [5.41, 5.74) is 0. The van der Waals surface area contributed by atoms with E-state index < -0.39 is 11.9 Å². The van der Waals surface area contributed by atoms with Gasteiger partial charge in [-0.15, -0.1) is 0 Å². The molecule has 3 rings (SSSR count). The number of amides is 1. The molecule has 0 aromatic carbocycles. The molecule has 4 atom stereocenters. The Labute approximate surface area is 112 Å². The number of hydrogen-bond acceptors (Lipinski definition) is 3. The van der Waals surface area contributed by atoms with Crippen LogP contribution < -0.4 is 5.32 Å². The van der Waals surface area contributed by atoms with Gasteiger partial charge in [-0.05, 0) is 44.4 Å². The van der Waals surface area contributed by atoms with Crippen LogP contribution in [0.15, 0.2) is 0 Å². The second-order valence-corrected chi connectivity index (χ2v) is 6.11. The Bertz CT molecular complexity index is 380. The van der Waals surface area contributed by atoms with Crippen LogP contribution >= 0.6 is 0 Å². The molecule has 5 heteroatoms. The van der Waals surface area contributed by atoms with Crippen molar-refractivity contribution in [2.75, 3.05) is 6.61 Å². The number of nitrogens with one attached hydrogen (secondary N) is 1. The summed E-state index contributed by atoms with van der Waals surface area (Å²) in [6, 6.07) is 0.168. The molecule has 5 nitrogen and oxygen atoms in total. The quantitative estimate of drug-likeness (QED) is 0.801. The number of hydrogen-bond donors (Lipinski definition) is 2. The van der Waals surface area contributed by atoms with Gasteiger partial charge in [0.15, 0.2) is 0 Å². The highest BCUT2D eigenvalue weighted by Crippen LogP contribution is 2.38. The average molecular weight is 267 g/mol. The zero-order chi connectivity index (χ0) is 13.4. The van der Waals surface area contributed by atoms with E-state index in [1.54, 1.807) is 0 Å². The Morgan fingerprint density at radius 2 is 1.79 bits per heavy atom. The van der Waals surface area contributed by atoms with Crippen LogP contribution in [0.3, 0.4) is 0 Å². The predicted molar refractivity (Wildman–Crippen MR) is 67.5 cm³/mol. The average Bonchev–Trinajstić information content (AvgIpc) is 3.10. The van der Waals surface area contributed by atoms with E-state index in [1.165, 1.54) is 12.8 Å². The largest absolute Gasteiger partial charge is 0.481 e. The third-order valence-corrected chi connectivity index (χ3v) is 4.74. The van der Waals surface area contributed by atoms with E-state index in [0.29, 0.717) is 31.5 Å². The molecule has 3 aliphatic rings. The van der Waals surface area contributed by atoms with E-state index in [0.717, 1.165) is 12.8 Å². The van der Waals surface area contributed by atoms with Crippen LogP contribution in [-0.4, -0.2) is 35.7 Å². The van der Waals surface area contributed by atoms with Gasteiger partial charge in [0, 0.05) is 12.6 Å². The van der Waals surface area contributed by atoms with E-state index in [-0.39, 0.29) is 17.9 Å². The Hall–Kier alpha value is -1.10. The zero-order valence-electron chi connectivity index (χ0n) is 11.0. The molecule has 0 aromatic heterocycles. The smallest absolute Gasteiger partial charge is 0.307 e. The third-order valence-electron chi connectivity index (χ3n) is 4.74. The third kappa shape index (κ3) is 2.76. The first-order valence-corrected chi connectivity index (χ1v) is 7.30. The lowest BCUT2D eigenvalue weighted by atomic mass is 9.73. The second-order valence-electron chi connectivity index (χ2n) is 6.11. The summed E-state index contributed by atoms with van der Waals surface area (Å²) in [4.78, 5) is 23.0. The SMILES string of the molecule is O=C(O)C1CCC1C(=O)NC1CCOC(C2CC2)C1. The predicted octanol–water partition coefficient (Wildman–Crippen LogP) is 1.17. The van der Waals surface area contributed by atoms with Crippen LogP contribution in [0.1, 0.15) is 38.5 Å². The fourth-order valence-electron chi connectivity index (χ4n) is 3.17. The van der Waals surface area contributed by atoms with Crippen molar-refractivity contribution in [3.05, 3.63) is 0 Å². The molecular weight excluding hydrogens is 246 g/mol. The van der Waals surface area contributed by atoms with Crippen molar-refractivity contribution in [3.8, 4) is 0 Å². The number of carboxylic acid groups (broad SMARTS) is 1. The van der Waals surface area contributed by atoms with Crippen LogP contribution in [-0.2, 0) is 14.3 Å². The van der Waals surface area contributed by atoms with Gasteiger partial charge >= 0.3 is 5.97 Å². The van der Waals surface area contributed by atoms with Gasteiger partial charge in [0.1, 0.15) is 0 Å². The van der Waals surface area contributed by atoms with Crippen molar-refractivity contribution in [1.29, 1.82) is 0 Å². The molecule has 4 unspecified atom stereocenters. The molecule has 2 aliphatic carbocycles. The first-order chi connectivity index (χ1) is 9.15. The van der Waals surface area contributed by atoms with Crippen molar-refractivity contribution in [1.82, 2.24) is 5.32 Å². The van der Waals surface area contributed by atoms with E-state index >= 15 is 0 Å². The van der Waals surface area contributed by atoms with Gasteiger partial charge in [0.25, 0.3) is 0 Å². The number of aliphatic carboxylic acids is 1. The normalized spacial score (nSPS) is 38.3. The van der Waals surface area contributed by atoms with E-state index in [9.17, 15) is 9.59 Å². The Balaban J connectivity index is 1.50. The molecular formula is C14H21NO4. The number of carboxylic acids is 1. The molecule has 1 heterocycles. The molecule has 3 fully saturated rings. The minimum absolute atomic E-state index is 0.0694. The topological polar surface area (TPSA) is 75.6 Å². The van der Waals surface area contributed by atoms with Gasteiger partial charge in [0.2, 0.25) is 5.91 Å². The van der Waals surface area contributed by atoms with E-state index in [4.69, 9.17) is 9.84 Å². The van der Waals surface area contributed by atoms with Crippen molar-refractivity contribution in [3.63, 3.8) is 0 Å². The summed E-state index contributed by atoms with van der Waals surface area (Å²) in [5.74, 6) is -1.01. The Morgan fingerprint density at radius 3 is 2.37 bits per heavy atom. The fourth-order valence-corrected chi connectivity index (χ4v) is 3.17. The van der Waals surface area contributed by atoms with Crippen molar-refractivity contribution < 1.29 is 19.4 Å². The molecule has 1 aliphatic heterocycles. The first-order valence-electron chi connectivity index (χ1n) is 7.30. The Kier molecular flexibility index (Phi) is 3.48. The monoisotopic (exact) mass is 267 g/mol. The van der Waals surface area contributed by atoms with E-state index in [1.807, 2.05) is 0 Å². The van der Waals surface area contributed by atoms with Gasteiger partial charge in [-0.2, -0.15) is 0 Å². The van der Waals surface area contributed by atoms with Crippen LogP contribution in [0, 0.1) is 17.8 Å². The highest BCUT2D eigenvalue weighted by molar-refractivity contribution is 5.86. The summed E-state index contributed by atoms with van der Waals surface area (Å²) in [6.45, 7) is 0.707. The summed E-state index contributed by atoms with van der Waals surface area (Å²) < 4.78 is 5.73.